The van der Waals surface area contributed by atoms with E-state index in [-0.39, 0.29) is 18.5 Å². The first-order chi connectivity index (χ1) is 9.60. The minimum Gasteiger partial charge on any atom is -0.481 e. The maximum Gasteiger partial charge on any atom is 0.317 e. The molecule has 2 rings (SSSR count). The average Bonchev–Trinajstić information content (AvgIpc) is 2.45. The van der Waals surface area contributed by atoms with Crippen LogP contribution in [0.2, 0.25) is 0 Å². The van der Waals surface area contributed by atoms with Gasteiger partial charge in [0.1, 0.15) is 0 Å². The zero-order chi connectivity index (χ0) is 14.5. The van der Waals surface area contributed by atoms with Crippen molar-refractivity contribution in [2.75, 3.05) is 26.2 Å². The van der Waals surface area contributed by atoms with Crippen molar-refractivity contribution >= 4 is 12.0 Å². The van der Waals surface area contributed by atoms with Gasteiger partial charge in [-0.3, -0.25) is 9.69 Å². The number of nitrogens with zero attached hydrogens (tertiary/aromatic N) is 2. The van der Waals surface area contributed by atoms with Crippen molar-refractivity contribution in [3.63, 3.8) is 0 Å². The molecule has 2 aliphatic rings. The number of nitrogens with one attached hydrogen (secondary N) is 1. The highest BCUT2D eigenvalue weighted by molar-refractivity contribution is 5.76. The highest BCUT2D eigenvalue weighted by Crippen LogP contribution is 2.21. The summed E-state index contributed by atoms with van der Waals surface area (Å²) in [5.74, 6) is -0.866. The Morgan fingerprint density at radius 1 is 1.30 bits per heavy atom. The maximum atomic E-state index is 12.2. The number of carboxylic acid groups (broad SMARTS) is 1. The quantitative estimate of drug-likeness (QED) is 0.811. The summed E-state index contributed by atoms with van der Waals surface area (Å²) in [6, 6.07) is 0.107. The van der Waals surface area contributed by atoms with Crippen LogP contribution in [0.4, 0.5) is 4.79 Å². The lowest BCUT2D eigenvalue weighted by Gasteiger charge is -2.44. The van der Waals surface area contributed by atoms with Crippen LogP contribution >= 0.6 is 0 Å². The van der Waals surface area contributed by atoms with Crippen molar-refractivity contribution in [1.29, 1.82) is 0 Å². The standard InChI is InChI=1S/C14H25N3O3/c1-2-11(9-13(18)19)15-14(20)17-8-7-16-6-4-3-5-12(16)10-17/h11-12H,2-10H2,1H3,(H,15,20)(H,18,19). The molecule has 0 radical (unpaired) electrons. The van der Waals surface area contributed by atoms with Crippen molar-refractivity contribution in [3.05, 3.63) is 0 Å². The molecule has 0 bridgehead atoms. The molecule has 2 atom stereocenters. The number of piperidine rings is 1. The average molecular weight is 283 g/mol. The third kappa shape index (κ3) is 3.85. The third-order valence-electron chi connectivity index (χ3n) is 4.37. The summed E-state index contributed by atoms with van der Waals surface area (Å²) in [6.07, 6.45) is 4.30. The lowest BCUT2D eigenvalue weighted by atomic mass is 10.00. The van der Waals surface area contributed by atoms with Gasteiger partial charge in [0.25, 0.3) is 0 Å². The Balaban J connectivity index is 1.84. The summed E-state index contributed by atoms with van der Waals surface area (Å²) in [4.78, 5) is 27.3. The van der Waals surface area contributed by atoms with Crippen LogP contribution in [0.5, 0.6) is 0 Å². The first-order valence-electron chi connectivity index (χ1n) is 7.61. The highest BCUT2D eigenvalue weighted by atomic mass is 16.4. The zero-order valence-electron chi connectivity index (χ0n) is 12.2. The van der Waals surface area contributed by atoms with Gasteiger partial charge in [0.2, 0.25) is 0 Å². The molecule has 2 heterocycles. The Labute approximate surface area is 120 Å². The number of carboxylic acids is 1. The molecular weight excluding hydrogens is 258 g/mol. The Morgan fingerprint density at radius 3 is 2.80 bits per heavy atom. The van der Waals surface area contributed by atoms with Gasteiger partial charge in [-0.2, -0.15) is 0 Å². The van der Waals surface area contributed by atoms with Crippen LogP contribution in [0, 0.1) is 0 Å². The second-order valence-corrected chi connectivity index (χ2v) is 5.78. The fourth-order valence-corrected chi connectivity index (χ4v) is 3.11. The fourth-order valence-electron chi connectivity index (χ4n) is 3.11. The van der Waals surface area contributed by atoms with Gasteiger partial charge in [0.05, 0.1) is 6.42 Å². The minimum absolute atomic E-state index is 0.00830. The summed E-state index contributed by atoms with van der Waals surface area (Å²) >= 11 is 0. The number of fused-ring (bicyclic) bond motifs is 1. The molecule has 2 fully saturated rings. The van der Waals surface area contributed by atoms with Crippen LogP contribution in [-0.2, 0) is 4.79 Å². The van der Waals surface area contributed by atoms with E-state index in [0.29, 0.717) is 12.5 Å². The van der Waals surface area contributed by atoms with Crippen LogP contribution in [0.1, 0.15) is 39.0 Å². The number of hydrogen-bond donors (Lipinski definition) is 2. The topological polar surface area (TPSA) is 72.9 Å². The van der Waals surface area contributed by atoms with E-state index < -0.39 is 5.97 Å². The van der Waals surface area contributed by atoms with Crippen LogP contribution in [-0.4, -0.2) is 65.2 Å². The molecule has 0 aromatic heterocycles. The van der Waals surface area contributed by atoms with E-state index in [9.17, 15) is 9.59 Å². The summed E-state index contributed by atoms with van der Waals surface area (Å²) in [5, 5.41) is 11.7. The van der Waals surface area contributed by atoms with Crippen LogP contribution in [0.15, 0.2) is 0 Å². The first-order valence-corrected chi connectivity index (χ1v) is 7.61. The van der Waals surface area contributed by atoms with Crippen molar-refractivity contribution in [3.8, 4) is 0 Å². The van der Waals surface area contributed by atoms with Gasteiger partial charge in [-0.25, -0.2) is 4.79 Å². The maximum absolute atomic E-state index is 12.2. The van der Waals surface area contributed by atoms with E-state index in [1.54, 1.807) is 0 Å². The van der Waals surface area contributed by atoms with Gasteiger partial charge < -0.3 is 15.3 Å². The summed E-state index contributed by atoms with van der Waals surface area (Å²) in [7, 11) is 0. The third-order valence-corrected chi connectivity index (χ3v) is 4.37. The number of carbonyl (C=O) groups excluding carboxylic acids is 1. The molecule has 0 aromatic rings. The van der Waals surface area contributed by atoms with E-state index in [1.165, 1.54) is 12.8 Å². The molecule has 2 saturated heterocycles. The molecule has 0 aromatic carbocycles. The Morgan fingerprint density at radius 2 is 2.10 bits per heavy atom. The lowest BCUT2D eigenvalue weighted by molar-refractivity contribution is -0.137. The van der Waals surface area contributed by atoms with Gasteiger partial charge in [-0.05, 0) is 25.8 Å². The predicted octanol–water partition coefficient (Wildman–Crippen LogP) is 1.12. The second kappa shape index (κ2) is 6.92. The smallest absolute Gasteiger partial charge is 0.317 e. The van der Waals surface area contributed by atoms with Crippen LogP contribution in [0.3, 0.4) is 0 Å². The predicted molar refractivity (Wildman–Crippen MR) is 75.6 cm³/mol. The lowest BCUT2D eigenvalue weighted by Crippen LogP contribution is -2.58. The molecule has 114 valence electrons. The normalized spacial score (nSPS) is 24.9. The van der Waals surface area contributed by atoms with Crippen molar-refractivity contribution in [2.24, 2.45) is 0 Å². The van der Waals surface area contributed by atoms with E-state index >= 15 is 0 Å². The first kappa shape index (κ1) is 15.1. The Hall–Kier alpha value is -1.30. The van der Waals surface area contributed by atoms with Crippen LogP contribution < -0.4 is 5.32 Å². The molecule has 0 spiro atoms. The number of urea groups is 1. The molecule has 2 aliphatic heterocycles. The van der Waals surface area contributed by atoms with Gasteiger partial charge >= 0.3 is 12.0 Å². The summed E-state index contributed by atoms with van der Waals surface area (Å²) in [6.45, 7) is 5.50. The number of hydrogen-bond acceptors (Lipinski definition) is 3. The number of piperazine rings is 1. The zero-order valence-corrected chi connectivity index (χ0v) is 12.2. The highest BCUT2D eigenvalue weighted by Gasteiger charge is 2.31. The number of amides is 2. The monoisotopic (exact) mass is 283 g/mol. The SMILES string of the molecule is CCC(CC(=O)O)NC(=O)N1CCN2CCCCC2C1. The van der Waals surface area contributed by atoms with E-state index in [4.69, 9.17) is 5.11 Å². The van der Waals surface area contributed by atoms with Crippen LogP contribution in [0.25, 0.3) is 0 Å². The Kier molecular flexibility index (Phi) is 5.23. The van der Waals surface area contributed by atoms with Gasteiger partial charge in [-0.1, -0.05) is 13.3 Å². The van der Waals surface area contributed by atoms with Gasteiger partial charge in [0.15, 0.2) is 0 Å². The Bertz CT molecular complexity index is 362. The van der Waals surface area contributed by atoms with Crippen molar-refractivity contribution < 1.29 is 14.7 Å². The van der Waals surface area contributed by atoms with E-state index in [1.807, 2.05) is 11.8 Å². The van der Waals surface area contributed by atoms with Gasteiger partial charge in [0, 0.05) is 31.7 Å². The minimum atomic E-state index is -0.866. The largest absolute Gasteiger partial charge is 0.481 e. The fraction of sp³-hybridized carbons (Fsp3) is 0.857. The molecule has 2 N–H and O–H groups in total. The molecule has 20 heavy (non-hydrogen) atoms. The molecule has 2 unspecified atom stereocenters. The molecular formula is C14H25N3O3. The van der Waals surface area contributed by atoms with Crippen molar-refractivity contribution in [2.45, 2.75) is 51.1 Å². The molecule has 2 amide bonds. The number of rotatable bonds is 4. The van der Waals surface area contributed by atoms with E-state index in [2.05, 4.69) is 10.2 Å². The van der Waals surface area contributed by atoms with E-state index in [0.717, 1.165) is 32.6 Å². The van der Waals surface area contributed by atoms with Crippen molar-refractivity contribution in [1.82, 2.24) is 15.1 Å². The summed E-state index contributed by atoms with van der Waals surface area (Å²) < 4.78 is 0. The van der Waals surface area contributed by atoms with Gasteiger partial charge in [-0.15, -0.1) is 0 Å². The summed E-state index contributed by atoms with van der Waals surface area (Å²) in [5.41, 5.74) is 0. The molecule has 6 heteroatoms. The molecule has 0 saturated carbocycles. The molecule has 0 aliphatic carbocycles. The number of carbonyl (C=O) groups is 2. The number of aliphatic carboxylic acids is 1. The second-order valence-electron chi connectivity index (χ2n) is 5.78. The molecule has 6 nitrogen and oxygen atoms in total.